The molecule has 0 spiro atoms. The van der Waals surface area contributed by atoms with Gasteiger partial charge in [-0.2, -0.15) is 0 Å². The number of phenolic OH excluding ortho intramolecular Hbond substituents is 2. The standard InChI is InChI=1S/C61H72O4/c1-40-35-52(60(62)54(37-40)58-42(3)23-11-7-9-13-25-46-27-15-17-29-48(46)58)50-31-19-21-33-56(50)64-44(5)39-45(6)65-57-34-22-20-32-51(57)53-36-41(2)38-55(61(53)63)59-43(4)24-12-8-10-14-26-47-28-16-18-30-49(47)59/h19-22,25-26,31-38,44-45,62-63H,3-4,7-18,23-24,27-30,39H2,1-2,5-6H3/b46-25-,47-26-,58-48+,59-49+/t44-,45-/m0/s1. The quantitative estimate of drug-likeness (QED) is 0.167. The highest BCUT2D eigenvalue weighted by Crippen LogP contribution is 2.49. The molecule has 4 aromatic rings. The van der Waals surface area contributed by atoms with Crippen LogP contribution >= 0.6 is 0 Å². The fourth-order valence-corrected chi connectivity index (χ4v) is 11.1. The number of rotatable bonds is 10. The SMILES string of the molecule is C=C1CCCCC/C=C2/CCCC/C2=C/1c1cc(C)cc(-c2ccccc2O[C@@H](C)C[C@H](C)Oc2ccccc2-c2cc(C)cc(/C3=C4\CCCC\C4=C\CCCCCC3=C)c2O)c1O. The minimum absolute atomic E-state index is 0.202. The van der Waals surface area contributed by atoms with E-state index in [1.165, 1.54) is 60.8 Å². The smallest absolute Gasteiger partial charge is 0.131 e. The van der Waals surface area contributed by atoms with Crippen LogP contribution in [0, 0.1) is 13.8 Å². The third-order valence-electron chi connectivity index (χ3n) is 14.2. The lowest BCUT2D eigenvalue weighted by Gasteiger charge is -2.27. The van der Waals surface area contributed by atoms with Crippen molar-refractivity contribution in [2.75, 3.05) is 0 Å². The first-order valence-electron chi connectivity index (χ1n) is 25.0. The highest BCUT2D eigenvalue weighted by molar-refractivity contribution is 5.92. The van der Waals surface area contributed by atoms with Crippen LogP contribution in [-0.2, 0) is 0 Å². The molecule has 2 N–H and O–H groups in total. The van der Waals surface area contributed by atoms with Gasteiger partial charge in [0.1, 0.15) is 23.0 Å². The number of allylic oxidation sites excluding steroid dienone is 10. The van der Waals surface area contributed by atoms with Gasteiger partial charge in [0.25, 0.3) is 0 Å². The zero-order valence-corrected chi connectivity index (χ0v) is 39.8. The average molecular weight is 869 g/mol. The molecule has 0 aliphatic heterocycles. The Bertz CT molecular complexity index is 2360. The minimum atomic E-state index is -0.202. The molecule has 4 aromatic carbocycles. The molecule has 0 radical (unpaired) electrons. The van der Waals surface area contributed by atoms with E-state index in [4.69, 9.17) is 9.47 Å². The molecule has 4 aliphatic rings. The summed E-state index contributed by atoms with van der Waals surface area (Å²) in [5.74, 6) is 2.04. The molecule has 0 amide bonds. The topological polar surface area (TPSA) is 58.9 Å². The molecule has 340 valence electrons. The van der Waals surface area contributed by atoms with Crippen molar-refractivity contribution in [1.82, 2.24) is 0 Å². The van der Waals surface area contributed by atoms with Crippen molar-refractivity contribution in [2.24, 2.45) is 0 Å². The predicted molar refractivity (Wildman–Crippen MR) is 273 cm³/mol. The van der Waals surface area contributed by atoms with Gasteiger partial charge in [-0.1, -0.05) is 74.5 Å². The Morgan fingerprint density at radius 3 is 1.31 bits per heavy atom. The molecule has 2 atom stereocenters. The third-order valence-corrected chi connectivity index (χ3v) is 14.2. The molecule has 2 fully saturated rings. The molecule has 0 bridgehead atoms. The van der Waals surface area contributed by atoms with Crippen LogP contribution in [0.25, 0.3) is 33.4 Å². The van der Waals surface area contributed by atoms with Gasteiger partial charge in [-0.15, -0.1) is 0 Å². The summed E-state index contributed by atoms with van der Waals surface area (Å²) in [5.41, 5.74) is 17.5. The summed E-state index contributed by atoms with van der Waals surface area (Å²) >= 11 is 0. The lowest BCUT2D eigenvalue weighted by molar-refractivity contribution is 0.131. The van der Waals surface area contributed by atoms with Crippen molar-refractivity contribution in [1.29, 1.82) is 0 Å². The Morgan fingerprint density at radius 1 is 0.477 bits per heavy atom. The minimum Gasteiger partial charge on any atom is -0.507 e. The van der Waals surface area contributed by atoms with Crippen LogP contribution < -0.4 is 9.47 Å². The van der Waals surface area contributed by atoms with Gasteiger partial charge < -0.3 is 19.7 Å². The van der Waals surface area contributed by atoms with Crippen molar-refractivity contribution in [3.63, 3.8) is 0 Å². The number of hydrogen-bond donors (Lipinski definition) is 2. The average Bonchev–Trinajstić information content (AvgIpc) is 3.29. The van der Waals surface area contributed by atoms with Gasteiger partial charge in [0.2, 0.25) is 0 Å². The van der Waals surface area contributed by atoms with E-state index in [0.717, 1.165) is 155 Å². The maximum absolute atomic E-state index is 12.3. The lowest BCUT2D eigenvalue weighted by atomic mass is 9.79. The van der Waals surface area contributed by atoms with Crippen molar-refractivity contribution < 1.29 is 19.7 Å². The first-order chi connectivity index (χ1) is 31.6. The molecular weight excluding hydrogens is 797 g/mol. The van der Waals surface area contributed by atoms with E-state index in [1.807, 2.05) is 36.4 Å². The zero-order chi connectivity index (χ0) is 45.5. The second-order valence-electron chi connectivity index (χ2n) is 19.5. The van der Waals surface area contributed by atoms with Gasteiger partial charge >= 0.3 is 0 Å². The number of para-hydroxylation sites is 2. The second kappa shape index (κ2) is 21.2. The molecule has 0 saturated heterocycles. The Morgan fingerprint density at radius 2 is 0.862 bits per heavy atom. The van der Waals surface area contributed by atoms with E-state index in [1.54, 1.807) is 0 Å². The molecule has 4 nitrogen and oxygen atoms in total. The number of ether oxygens (including phenoxy) is 2. The number of phenols is 2. The first-order valence-corrected chi connectivity index (χ1v) is 25.0. The van der Waals surface area contributed by atoms with Crippen LogP contribution in [0.4, 0.5) is 0 Å². The van der Waals surface area contributed by atoms with Crippen LogP contribution in [0.2, 0.25) is 0 Å². The van der Waals surface area contributed by atoms with Crippen LogP contribution in [0.3, 0.4) is 0 Å². The number of aromatic hydroxyl groups is 2. The van der Waals surface area contributed by atoms with Gasteiger partial charge in [-0.05, 0) is 223 Å². The predicted octanol–water partition coefficient (Wildman–Crippen LogP) is 17.2. The molecule has 65 heavy (non-hydrogen) atoms. The monoisotopic (exact) mass is 869 g/mol. The fourth-order valence-electron chi connectivity index (χ4n) is 11.1. The summed E-state index contributed by atoms with van der Waals surface area (Å²) < 4.78 is 13.6. The van der Waals surface area contributed by atoms with Crippen molar-refractivity contribution >= 4 is 11.1 Å². The van der Waals surface area contributed by atoms with E-state index in [2.05, 4.69) is 89.4 Å². The van der Waals surface area contributed by atoms with Gasteiger partial charge in [0.05, 0.1) is 12.2 Å². The van der Waals surface area contributed by atoms with Crippen LogP contribution in [0.15, 0.2) is 132 Å². The number of benzene rings is 4. The molecular formula is C61H72O4. The number of hydrogen-bond acceptors (Lipinski definition) is 4. The van der Waals surface area contributed by atoms with Crippen molar-refractivity contribution in [2.45, 2.75) is 162 Å². The van der Waals surface area contributed by atoms with E-state index in [9.17, 15) is 10.2 Å². The van der Waals surface area contributed by atoms with E-state index in [-0.39, 0.29) is 12.2 Å². The maximum Gasteiger partial charge on any atom is 0.131 e. The van der Waals surface area contributed by atoms with Gasteiger partial charge in [-0.25, -0.2) is 0 Å². The second-order valence-corrected chi connectivity index (χ2v) is 19.5. The van der Waals surface area contributed by atoms with E-state index < -0.39 is 0 Å². The van der Waals surface area contributed by atoms with Crippen LogP contribution in [0.5, 0.6) is 23.0 Å². The highest BCUT2D eigenvalue weighted by Gasteiger charge is 2.27. The third kappa shape index (κ3) is 10.6. The van der Waals surface area contributed by atoms with Crippen LogP contribution in [-0.4, -0.2) is 22.4 Å². The Hall–Kier alpha value is -5.48. The molecule has 4 aliphatic carbocycles. The Labute approximate surface area is 390 Å². The summed E-state index contributed by atoms with van der Waals surface area (Å²) in [4.78, 5) is 0. The maximum atomic E-state index is 12.3. The van der Waals surface area contributed by atoms with Crippen LogP contribution in [0.1, 0.15) is 158 Å². The molecule has 0 heterocycles. The molecule has 2 saturated carbocycles. The number of fused-ring (bicyclic) bond motifs is 2. The van der Waals surface area contributed by atoms with Crippen molar-refractivity contribution in [3.8, 4) is 45.3 Å². The summed E-state index contributed by atoms with van der Waals surface area (Å²) in [6, 6.07) is 24.7. The Balaban J connectivity index is 1.06. The highest BCUT2D eigenvalue weighted by atomic mass is 16.5. The van der Waals surface area contributed by atoms with Gasteiger partial charge in [-0.3, -0.25) is 0 Å². The molecule has 8 rings (SSSR count). The molecule has 0 aromatic heterocycles. The normalized spacial score (nSPS) is 22.6. The largest absolute Gasteiger partial charge is 0.507 e. The Kier molecular flexibility index (Phi) is 15.0. The lowest BCUT2D eigenvalue weighted by Crippen LogP contribution is -2.23. The molecule has 4 heteroatoms. The van der Waals surface area contributed by atoms with Gasteiger partial charge in [0.15, 0.2) is 0 Å². The molecule has 0 unspecified atom stereocenters. The van der Waals surface area contributed by atoms with E-state index >= 15 is 0 Å². The zero-order valence-electron chi connectivity index (χ0n) is 39.8. The summed E-state index contributed by atoms with van der Waals surface area (Å²) in [7, 11) is 0. The van der Waals surface area contributed by atoms with Gasteiger partial charge in [0, 0.05) is 39.8 Å². The van der Waals surface area contributed by atoms with Crippen molar-refractivity contribution in [3.05, 3.63) is 154 Å². The number of aryl methyl sites for hydroxylation is 2. The first kappa shape index (κ1) is 46.1. The summed E-state index contributed by atoms with van der Waals surface area (Å²) in [5, 5.41) is 24.7. The fraction of sp³-hybridized carbons (Fsp3) is 0.410. The summed E-state index contributed by atoms with van der Waals surface area (Å²) in [6.07, 6.45) is 25.3. The van der Waals surface area contributed by atoms with E-state index in [0.29, 0.717) is 17.9 Å². The summed E-state index contributed by atoms with van der Waals surface area (Å²) in [6.45, 7) is 17.7.